The molecule has 0 unspecified atom stereocenters. The number of carbonyl (C=O) groups excluding carboxylic acids is 1. The molecule has 0 bridgehead atoms. The maximum Gasteiger partial charge on any atom is 0.255 e. The number of para-hydroxylation sites is 1. The summed E-state index contributed by atoms with van der Waals surface area (Å²) in [6.07, 6.45) is 2.08. The topological polar surface area (TPSA) is 88.7 Å². The van der Waals surface area contributed by atoms with Crippen LogP contribution >= 0.6 is 0 Å². The van der Waals surface area contributed by atoms with Crippen molar-refractivity contribution < 1.29 is 19.2 Å². The summed E-state index contributed by atoms with van der Waals surface area (Å²) in [5, 5.41) is 14.1. The molecule has 3 aromatic rings. The first kappa shape index (κ1) is 18.6. The van der Waals surface area contributed by atoms with E-state index < -0.39 is 12.0 Å². The number of ether oxygens (including phenoxy) is 1. The molecule has 0 saturated heterocycles. The Labute approximate surface area is 157 Å². The Morgan fingerprint density at radius 2 is 2.00 bits per heavy atom. The van der Waals surface area contributed by atoms with Gasteiger partial charge in [-0.15, -0.1) is 0 Å². The van der Waals surface area contributed by atoms with Crippen molar-refractivity contribution in [1.29, 1.82) is 0 Å². The number of hydrogen-bond acceptors (Lipinski definition) is 6. The minimum atomic E-state index is -1.27. The molecule has 2 heterocycles. The number of amides is 1. The molecule has 1 N–H and O–H groups in total. The number of aliphatic hydroxyl groups excluding tert-OH is 1. The zero-order valence-electron chi connectivity index (χ0n) is 15.2. The van der Waals surface area contributed by atoms with Crippen LogP contribution in [0, 0.1) is 6.92 Å². The van der Waals surface area contributed by atoms with Crippen LogP contribution in [0.3, 0.4) is 0 Å². The summed E-state index contributed by atoms with van der Waals surface area (Å²) in [5.41, 5.74) is 2.48. The van der Waals surface area contributed by atoms with Crippen molar-refractivity contribution in [2.24, 2.45) is 0 Å². The van der Waals surface area contributed by atoms with Crippen molar-refractivity contribution in [1.82, 2.24) is 15.0 Å². The summed E-state index contributed by atoms with van der Waals surface area (Å²) in [4.78, 5) is 17.7. The Balaban J connectivity index is 1.56. The molecule has 1 aromatic carbocycles. The Bertz CT molecular complexity index is 895. The second-order valence-electron chi connectivity index (χ2n) is 6.20. The van der Waals surface area contributed by atoms with Gasteiger partial charge in [0.25, 0.3) is 5.91 Å². The molecule has 140 valence electrons. The molecule has 0 aliphatic rings. The SMILES string of the molecule is Cc1ccccc1OC[C@H](O)C(=O)N(C)Cc1cc(-c2ccncc2)no1. The molecular formula is C20H21N3O4. The van der Waals surface area contributed by atoms with Gasteiger partial charge in [0.1, 0.15) is 18.1 Å². The molecule has 3 rings (SSSR count). The number of nitrogens with zero attached hydrogens (tertiary/aromatic N) is 3. The van der Waals surface area contributed by atoms with Crippen molar-refractivity contribution in [3.8, 4) is 17.0 Å². The van der Waals surface area contributed by atoms with Gasteiger partial charge in [0.2, 0.25) is 0 Å². The Kier molecular flexibility index (Phi) is 5.83. The summed E-state index contributed by atoms with van der Waals surface area (Å²) in [6.45, 7) is 1.98. The zero-order chi connectivity index (χ0) is 19.2. The quantitative estimate of drug-likeness (QED) is 0.690. The second-order valence-corrected chi connectivity index (χ2v) is 6.20. The van der Waals surface area contributed by atoms with Crippen LogP contribution in [0.4, 0.5) is 0 Å². The predicted octanol–water partition coefficient (Wildman–Crippen LogP) is 2.44. The van der Waals surface area contributed by atoms with E-state index in [1.807, 2.05) is 37.3 Å². The van der Waals surface area contributed by atoms with Crippen LogP contribution in [0.2, 0.25) is 0 Å². The highest BCUT2D eigenvalue weighted by Gasteiger charge is 2.22. The highest BCUT2D eigenvalue weighted by atomic mass is 16.5. The molecule has 7 heteroatoms. The number of aryl methyl sites for hydroxylation is 1. The molecule has 2 aromatic heterocycles. The van der Waals surface area contributed by atoms with Crippen molar-refractivity contribution in [3.05, 3.63) is 66.2 Å². The fourth-order valence-corrected chi connectivity index (χ4v) is 2.57. The summed E-state index contributed by atoms with van der Waals surface area (Å²) in [5.74, 6) is 0.708. The Hall–Kier alpha value is -3.19. The van der Waals surface area contributed by atoms with Gasteiger partial charge in [0.05, 0.1) is 6.54 Å². The summed E-state index contributed by atoms with van der Waals surface area (Å²) < 4.78 is 10.8. The van der Waals surface area contributed by atoms with Gasteiger partial charge in [0.15, 0.2) is 11.9 Å². The second kappa shape index (κ2) is 8.46. The third kappa shape index (κ3) is 4.71. The summed E-state index contributed by atoms with van der Waals surface area (Å²) >= 11 is 0. The fraction of sp³-hybridized carbons (Fsp3) is 0.250. The number of aromatic nitrogens is 2. The number of rotatable bonds is 7. The zero-order valence-corrected chi connectivity index (χ0v) is 15.2. The van der Waals surface area contributed by atoms with Crippen LogP contribution in [0.1, 0.15) is 11.3 Å². The van der Waals surface area contributed by atoms with Crippen molar-refractivity contribution >= 4 is 5.91 Å². The molecule has 0 aliphatic carbocycles. The normalized spacial score (nSPS) is 11.8. The van der Waals surface area contributed by atoms with Gasteiger partial charge in [-0.3, -0.25) is 9.78 Å². The fourth-order valence-electron chi connectivity index (χ4n) is 2.57. The lowest BCUT2D eigenvalue weighted by Crippen LogP contribution is -2.39. The third-order valence-electron chi connectivity index (χ3n) is 4.08. The first-order valence-corrected chi connectivity index (χ1v) is 8.52. The van der Waals surface area contributed by atoms with E-state index in [4.69, 9.17) is 9.26 Å². The Morgan fingerprint density at radius 3 is 2.74 bits per heavy atom. The molecule has 0 saturated carbocycles. The maximum absolute atomic E-state index is 12.4. The van der Waals surface area contributed by atoms with E-state index in [2.05, 4.69) is 10.1 Å². The Morgan fingerprint density at radius 1 is 1.26 bits per heavy atom. The minimum Gasteiger partial charge on any atom is -0.490 e. The molecule has 1 amide bonds. The summed E-state index contributed by atoms with van der Waals surface area (Å²) in [7, 11) is 1.59. The molecule has 0 fully saturated rings. The van der Waals surface area contributed by atoms with Gasteiger partial charge in [0, 0.05) is 31.1 Å². The smallest absolute Gasteiger partial charge is 0.255 e. The molecule has 7 nitrogen and oxygen atoms in total. The highest BCUT2D eigenvalue weighted by molar-refractivity contribution is 5.80. The van der Waals surface area contributed by atoms with Gasteiger partial charge in [-0.1, -0.05) is 23.4 Å². The van der Waals surface area contributed by atoms with Gasteiger partial charge in [-0.2, -0.15) is 0 Å². The van der Waals surface area contributed by atoms with Crippen LogP contribution < -0.4 is 4.74 Å². The van der Waals surface area contributed by atoms with Gasteiger partial charge in [-0.05, 0) is 30.7 Å². The molecule has 1 atom stereocenters. The highest BCUT2D eigenvalue weighted by Crippen LogP contribution is 2.19. The third-order valence-corrected chi connectivity index (χ3v) is 4.08. The summed E-state index contributed by atoms with van der Waals surface area (Å²) in [6, 6.07) is 12.8. The number of benzene rings is 1. The van der Waals surface area contributed by atoms with E-state index in [9.17, 15) is 9.90 Å². The first-order valence-electron chi connectivity index (χ1n) is 8.52. The number of hydrogen-bond donors (Lipinski definition) is 1. The molecule has 0 aliphatic heterocycles. The minimum absolute atomic E-state index is 0.118. The lowest BCUT2D eigenvalue weighted by Gasteiger charge is -2.20. The van der Waals surface area contributed by atoms with Crippen molar-refractivity contribution in [2.45, 2.75) is 19.6 Å². The lowest BCUT2D eigenvalue weighted by atomic mass is 10.2. The van der Waals surface area contributed by atoms with E-state index in [1.54, 1.807) is 31.6 Å². The number of likely N-dealkylation sites (N-methyl/N-ethyl adjacent to an activating group) is 1. The average Bonchev–Trinajstić information content (AvgIpc) is 3.15. The maximum atomic E-state index is 12.4. The van der Waals surface area contributed by atoms with E-state index in [1.165, 1.54) is 4.90 Å². The van der Waals surface area contributed by atoms with E-state index >= 15 is 0 Å². The van der Waals surface area contributed by atoms with Crippen LogP contribution in [-0.2, 0) is 11.3 Å². The average molecular weight is 367 g/mol. The molecular weight excluding hydrogens is 346 g/mol. The monoisotopic (exact) mass is 367 g/mol. The van der Waals surface area contributed by atoms with E-state index in [0.717, 1.165) is 11.1 Å². The van der Waals surface area contributed by atoms with Crippen LogP contribution in [-0.4, -0.2) is 45.8 Å². The van der Waals surface area contributed by atoms with E-state index in [-0.39, 0.29) is 13.2 Å². The molecule has 0 spiro atoms. The number of pyridine rings is 1. The lowest BCUT2D eigenvalue weighted by molar-refractivity contribution is -0.141. The standard InChI is InChI=1S/C20H21N3O4/c1-14-5-3-4-6-19(14)26-13-18(24)20(25)23(2)12-16-11-17(22-27-16)15-7-9-21-10-8-15/h3-11,18,24H,12-13H2,1-2H3/t18-/m0/s1. The van der Waals surface area contributed by atoms with E-state index in [0.29, 0.717) is 17.2 Å². The molecule has 27 heavy (non-hydrogen) atoms. The number of carbonyl (C=O) groups is 1. The largest absolute Gasteiger partial charge is 0.490 e. The van der Waals surface area contributed by atoms with Gasteiger partial charge < -0.3 is 19.3 Å². The van der Waals surface area contributed by atoms with Crippen LogP contribution in [0.15, 0.2) is 59.4 Å². The van der Waals surface area contributed by atoms with Crippen molar-refractivity contribution in [2.75, 3.05) is 13.7 Å². The van der Waals surface area contributed by atoms with Crippen LogP contribution in [0.5, 0.6) is 5.75 Å². The first-order chi connectivity index (χ1) is 13.0. The van der Waals surface area contributed by atoms with Gasteiger partial charge >= 0.3 is 0 Å². The van der Waals surface area contributed by atoms with Crippen LogP contribution in [0.25, 0.3) is 11.3 Å². The predicted molar refractivity (Wildman–Crippen MR) is 98.9 cm³/mol. The molecule has 0 radical (unpaired) electrons. The van der Waals surface area contributed by atoms with Crippen molar-refractivity contribution in [3.63, 3.8) is 0 Å². The number of aliphatic hydroxyl groups is 1. The van der Waals surface area contributed by atoms with Gasteiger partial charge in [-0.25, -0.2) is 0 Å².